The van der Waals surface area contributed by atoms with E-state index in [-0.39, 0.29) is 18.4 Å². The predicted molar refractivity (Wildman–Crippen MR) is 101 cm³/mol. The summed E-state index contributed by atoms with van der Waals surface area (Å²) >= 11 is 3.47. The van der Waals surface area contributed by atoms with Gasteiger partial charge in [0, 0.05) is 17.1 Å². The normalized spacial score (nSPS) is 10.4. The summed E-state index contributed by atoms with van der Waals surface area (Å²) in [6, 6.07) is 11.5. The molecule has 0 heterocycles. The molecule has 2 aromatic carbocycles. The van der Waals surface area contributed by atoms with Crippen LogP contribution in [0.2, 0.25) is 0 Å². The molecule has 0 unspecified atom stereocenters. The number of anilines is 2. The molecule has 0 aromatic heterocycles. The lowest BCUT2D eigenvalue weighted by Gasteiger charge is -2.22. The van der Waals surface area contributed by atoms with Crippen LogP contribution < -0.4 is 10.2 Å². The summed E-state index contributed by atoms with van der Waals surface area (Å²) in [5.74, 6) is -0.417. The van der Waals surface area contributed by atoms with E-state index in [2.05, 4.69) is 21.2 Å². The third-order valence-corrected chi connectivity index (χ3v) is 4.37. The first kappa shape index (κ1) is 18.2. The molecule has 0 radical (unpaired) electrons. The van der Waals surface area contributed by atoms with Crippen molar-refractivity contribution < 1.29 is 9.59 Å². The lowest BCUT2D eigenvalue weighted by Crippen LogP contribution is -2.37. The van der Waals surface area contributed by atoms with E-state index < -0.39 is 0 Å². The van der Waals surface area contributed by atoms with Gasteiger partial charge in [0.1, 0.15) is 6.54 Å². The number of benzene rings is 2. The molecule has 2 amide bonds. The van der Waals surface area contributed by atoms with Crippen LogP contribution in [0.25, 0.3) is 0 Å². The molecule has 0 atom stereocenters. The van der Waals surface area contributed by atoms with Gasteiger partial charge in [-0.25, -0.2) is 0 Å². The quantitative estimate of drug-likeness (QED) is 0.845. The molecule has 0 aliphatic carbocycles. The molecule has 2 rings (SSSR count). The van der Waals surface area contributed by atoms with Crippen molar-refractivity contribution in [1.29, 1.82) is 0 Å². The first-order chi connectivity index (χ1) is 11.3. The molecule has 24 heavy (non-hydrogen) atoms. The Morgan fingerprint density at radius 1 is 1.04 bits per heavy atom. The minimum absolute atomic E-state index is 0.0374. The zero-order chi connectivity index (χ0) is 17.9. The maximum absolute atomic E-state index is 12.4. The molecule has 5 heteroatoms. The molecule has 0 aliphatic heterocycles. The maximum atomic E-state index is 12.4. The number of hydrogen-bond donors (Lipinski definition) is 1. The van der Waals surface area contributed by atoms with Gasteiger partial charge in [-0.05, 0) is 66.0 Å². The van der Waals surface area contributed by atoms with Crippen LogP contribution in [-0.2, 0) is 9.59 Å². The highest BCUT2D eigenvalue weighted by Gasteiger charge is 2.18. The topological polar surface area (TPSA) is 49.4 Å². The molecule has 2 aromatic rings. The minimum atomic E-state index is -0.232. The van der Waals surface area contributed by atoms with Gasteiger partial charge in [0.15, 0.2) is 0 Å². The van der Waals surface area contributed by atoms with Crippen molar-refractivity contribution in [1.82, 2.24) is 0 Å². The van der Waals surface area contributed by atoms with E-state index in [1.807, 2.05) is 57.2 Å². The van der Waals surface area contributed by atoms with Gasteiger partial charge in [-0.15, -0.1) is 0 Å². The summed E-state index contributed by atoms with van der Waals surface area (Å²) in [4.78, 5) is 25.9. The molecule has 0 bridgehead atoms. The fourth-order valence-corrected chi connectivity index (χ4v) is 3.19. The second-order valence-electron chi connectivity index (χ2n) is 5.93. The molecule has 0 aliphatic rings. The van der Waals surface area contributed by atoms with Gasteiger partial charge in [-0.2, -0.15) is 0 Å². The fourth-order valence-electron chi connectivity index (χ4n) is 2.48. The molecular formula is C19H21BrN2O2. The predicted octanol–water partition coefficient (Wildman–Crippen LogP) is 4.37. The van der Waals surface area contributed by atoms with Gasteiger partial charge in [0.05, 0.1) is 5.69 Å². The van der Waals surface area contributed by atoms with Crippen molar-refractivity contribution >= 4 is 39.1 Å². The van der Waals surface area contributed by atoms with E-state index in [0.29, 0.717) is 5.69 Å². The number of amides is 2. The summed E-state index contributed by atoms with van der Waals surface area (Å²) in [7, 11) is 0. The smallest absolute Gasteiger partial charge is 0.244 e. The number of rotatable bonds is 4. The number of aryl methyl sites for hydroxylation is 3. The van der Waals surface area contributed by atoms with Gasteiger partial charge in [0.25, 0.3) is 0 Å². The van der Waals surface area contributed by atoms with Crippen molar-refractivity contribution in [2.45, 2.75) is 27.7 Å². The van der Waals surface area contributed by atoms with Crippen LogP contribution in [0.4, 0.5) is 11.4 Å². The molecule has 0 spiro atoms. The molecule has 1 N–H and O–H groups in total. The van der Waals surface area contributed by atoms with Crippen molar-refractivity contribution in [2.75, 3.05) is 16.8 Å². The van der Waals surface area contributed by atoms with Crippen LogP contribution in [0.5, 0.6) is 0 Å². The van der Waals surface area contributed by atoms with Crippen LogP contribution in [0.3, 0.4) is 0 Å². The first-order valence-electron chi connectivity index (χ1n) is 7.69. The average Bonchev–Trinajstić information content (AvgIpc) is 2.48. The maximum Gasteiger partial charge on any atom is 0.244 e. The highest BCUT2D eigenvalue weighted by atomic mass is 79.9. The monoisotopic (exact) mass is 388 g/mol. The highest BCUT2D eigenvalue weighted by Crippen LogP contribution is 2.27. The Bertz CT molecular complexity index is 787. The Labute approximate surface area is 151 Å². The molecular weight excluding hydrogens is 368 g/mol. The molecule has 0 fully saturated rings. The molecule has 0 saturated heterocycles. The number of nitrogens with zero attached hydrogens (tertiary/aromatic N) is 1. The Hall–Kier alpha value is -2.14. The van der Waals surface area contributed by atoms with Crippen LogP contribution in [0, 0.1) is 20.8 Å². The van der Waals surface area contributed by atoms with E-state index in [4.69, 9.17) is 0 Å². The SMILES string of the molecule is CC(=O)N(CC(=O)Nc1ccc(C)cc1C)c1ccc(C)cc1Br. The first-order valence-corrected chi connectivity index (χ1v) is 8.48. The highest BCUT2D eigenvalue weighted by molar-refractivity contribution is 9.10. The summed E-state index contributed by atoms with van der Waals surface area (Å²) in [5.41, 5.74) is 4.66. The minimum Gasteiger partial charge on any atom is -0.324 e. The number of carbonyl (C=O) groups is 2. The summed E-state index contributed by atoms with van der Waals surface area (Å²) in [5, 5.41) is 2.88. The Kier molecular flexibility index (Phi) is 5.78. The van der Waals surface area contributed by atoms with Gasteiger partial charge >= 0.3 is 0 Å². The third-order valence-electron chi connectivity index (χ3n) is 3.73. The Morgan fingerprint density at radius 3 is 2.25 bits per heavy atom. The summed E-state index contributed by atoms with van der Waals surface area (Å²) in [6.07, 6.45) is 0. The fraction of sp³-hybridized carbons (Fsp3) is 0.263. The largest absolute Gasteiger partial charge is 0.324 e. The summed E-state index contributed by atoms with van der Waals surface area (Å²) in [6.45, 7) is 7.34. The van der Waals surface area contributed by atoms with E-state index >= 15 is 0 Å². The average molecular weight is 389 g/mol. The molecule has 4 nitrogen and oxygen atoms in total. The van der Waals surface area contributed by atoms with E-state index in [1.165, 1.54) is 11.8 Å². The van der Waals surface area contributed by atoms with Gasteiger partial charge in [-0.1, -0.05) is 23.8 Å². The number of nitrogens with one attached hydrogen (secondary N) is 1. The number of hydrogen-bond acceptors (Lipinski definition) is 2. The Morgan fingerprint density at radius 2 is 1.67 bits per heavy atom. The van der Waals surface area contributed by atoms with Crippen molar-refractivity contribution in [3.05, 3.63) is 57.6 Å². The zero-order valence-corrected chi connectivity index (χ0v) is 15.9. The standard InChI is InChI=1S/C19H21BrN2O2/c1-12-5-7-17(14(3)9-12)21-19(24)11-22(15(4)23)18-8-6-13(2)10-16(18)20/h5-10H,11H2,1-4H3,(H,21,24). The van der Waals surface area contributed by atoms with Crippen LogP contribution in [0.15, 0.2) is 40.9 Å². The van der Waals surface area contributed by atoms with E-state index in [9.17, 15) is 9.59 Å². The molecule has 0 saturated carbocycles. The second kappa shape index (κ2) is 7.62. The van der Waals surface area contributed by atoms with Crippen LogP contribution in [0.1, 0.15) is 23.6 Å². The van der Waals surface area contributed by atoms with Crippen molar-refractivity contribution in [3.8, 4) is 0 Å². The lowest BCUT2D eigenvalue weighted by molar-refractivity contribution is -0.120. The van der Waals surface area contributed by atoms with Crippen molar-refractivity contribution in [3.63, 3.8) is 0 Å². The third kappa shape index (κ3) is 4.45. The van der Waals surface area contributed by atoms with E-state index in [0.717, 1.165) is 26.9 Å². The Balaban J connectivity index is 2.18. The molecule has 126 valence electrons. The van der Waals surface area contributed by atoms with Gasteiger partial charge < -0.3 is 10.2 Å². The lowest BCUT2D eigenvalue weighted by atomic mass is 10.1. The van der Waals surface area contributed by atoms with Gasteiger partial charge in [-0.3, -0.25) is 9.59 Å². The van der Waals surface area contributed by atoms with Gasteiger partial charge in [0.2, 0.25) is 11.8 Å². The number of carbonyl (C=O) groups excluding carboxylic acids is 2. The van der Waals surface area contributed by atoms with Crippen LogP contribution in [-0.4, -0.2) is 18.4 Å². The zero-order valence-electron chi connectivity index (χ0n) is 14.3. The van der Waals surface area contributed by atoms with Crippen molar-refractivity contribution in [2.24, 2.45) is 0 Å². The summed E-state index contributed by atoms with van der Waals surface area (Å²) < 4.78 is 0.789. The second-order valence-corrected chi connectivity index (χ2v) is 6.78. The number of halogens is 1. The van der Waals surface area contributed by atoms with E-state index in [1.54, 1.807) is 0 Å². The van der Waals surface area contributed by atoms with Crippen LogP contribution >= 0.6 is 15.9 Å².